The highest BCUT2D eigenvalue weighted by molar-refractivity contribution is 5.85. The Kier molecular flexibility index (Phi) is 1.78. The molecule has 0 bridgehead atoms. The van der Waals surface area contributed by atoms with Crippen molar-refractivity contribution in [3.05, 3.63) is 0 Å². The van der Waals surface area contributed by atoms with Crippen LogP contribution in [0.2, 0.25) is 0 Å². The normalized spacial score (nSPS) is 36.3. The van der Waals surface area contributed by atoms with Crippen molar-refractivity contribution in [2.75, 3.05) is 0 Å². The van der Waals surface area contributed by atoms with E-state index in [9.17, 15) is 9.59 Å². The Morgan fingerprint density at radius 2 is 1.58 bits per heavy atom. The monoisotopic (exact) mass is 166 g/mol. The standard InChI is InChI=1S/C10H14O2/c11-8-2-1-4-10(6-8)5-3-9(12)7-10/h1-7H2. The number of ketones is 2. The Morgan fingerprint density at radius 1 is 0.917 bits per heavy atom. The van der Waals surface area contributed by atoms with E-state index in [1.807, 2.05) is 0 Å². The van der Waals surface area contributed by atoms with Crippen LogP contribution in [0.4, 0.5) is 0 Å². The second-order valence-corrected chi connectivity index (χ2v) is 4.28. The van der Waals surface area contributed by atoms with Gasteiger partial charge in [-0.2, -0.15) is 0 Å². The van der Waals surface area contributed by atoms with Crippen LogP contribution in [0.1, 0.15) is 44.9 Å². The number of carbonyl (C=O) groups is 2. The predicted molar refractivity (Wildman–Crippen MR) is 44.8 cm³/mol. The second kappa shape index (κ2) is 2.68. The molecule has 0 heterocycles. The first-order valence-electron chi connectivity index (χ1n) is 4.74. The molecule has 2 rings (SSSR count). The Bertz CT molecular complexity index is 232. The van der Waals surface area contributed by atoms with Crippen LogP contribution in [0, 0.1) is 5.41 Å². The summed E-state index contributed by atoms with van der Waals surface area (Å²) in [7, 11) is 0. The summed E-state index contributed by atoms with van der Waals surface area (Å²) < 4.78 is 0. The van der Waals surface area contributed by atoms with Gasteiger partial charge in [0.15, 0.2) is 0 Å². The fourth-order valence-electron chi connectivity index (χ4n) is 2.62. The van der Waals surface area contributed by atoms with Crippen LogP contribution in [-0.4, -0.2) is 11.6 Å². The number of Topliss-reactive ketones (excluding diaryl/α,β-unsaturated/α-hetero) is 2. The van der Waals surface area contributed by atoms with Gasteiger partial charge in [-0.05, 0) is 24.7 Å². The molecule has 66 valence electrons. The molecule has 0 aromatic rings. The molecule has 0 saturated heterocycles. The van der Waals surface area contributed by atoms with E-state index in [-0.39, 0.29) is 5.41 Å². The van der Waals surface area contributed by atoms with Gasteiger partial charge in [-0.15, -0.1) is 0 Å². The summed E-state index contributed by atoms with van der Waals surface area (Å²) in [6.07, 6.45) is 5.90. The first-order valence-corrected chi connectivity index (χ1v) is 4.74. The van der Waals surface area contributed by atoms with Crippen LogP contribution in [-0.2, 0) is 9.59 Å². The van der Waals surface area contributed by atoms with Crippen molar-refractivity contribution in [1.82, 2.24) is 0 Å². The highest BCUT2D eigenvalue weighted by Crippen LogP contribution is 2.46. The quantitative estimate of drug-likeness (QED) is 0.550. The average molecular weight is 166 g/mol. The van der Waals surface area contributed by atoms with Crippen molar-refractivity contribution in [2.45, 2.75) is 44.9 Å². The summed E-state index contributed by atoms with van der Waals surface area (Å²) >= 11 is 0. The lowest BCUT2D eigenvalue weighted by Crippen LogP contribution is -2.26. The van der Waals surface area contributed by atoms with Gasteiger partial charge < -0.3 is 0 Å². The third-order valence-electron chi connectivity index (χ3n) is 3.24. The molecule has 0 aliphatic heterocycles. The van der Waals surface area contributed by atoms with E-state index >= 15 is 0 Å². The Labute approximate surface area is 72.3 Å². The zero-order chi connectivity index (χ0) is 8.60. The largest absolute Gasteiger partial charge is 0.300 e. The van der Waals surface area contributed by atoms with Crippen LogP contribution in [0.5, 0.6) is 0 Å². The van der Waals surface area contributed by atoms with Gasteiger partial charge in [-0.1, -0.05) is 0 Å². The molecule has 2 aliphatic carbocycles. The van der Waals surface area contributed by atoms with Gasteiger partial charge in [0.1, 0.15) is 11.6 Å². The van der Waals surface area contributed by atoms with Gasteiger partial charge in [0.2, 0.25) is 0 Å². The molecule has 0 radical (unpaired) electrons. The van der Waals surface area contributed by atoms with Gasteiger partial charge in [0.25, 0.3) is 0 Å². The van der Waals surface area contributed by atoms with Crippen LogP contribution < -0.4 is 0 Å². The summed E-state index contributed by atoms with van der Waals surface area (Å²) in [6, 6.07) is 0. The summed E-state index contributed by atoms with van der Waals surface area (Å²) in [4.78, 5) is 22.3. The van der Waals surface area contributed by atoms with Crippen molar-refractivity contribution >= 4 is 11.6 Å². The molecule has 2 aliphatic rings. The third kappa shape index (κ3) is 1.30. The van der Waals surface area contributed by atoms with E-state index in [1.165, 1.54) is 0 Å². The lowest BCUT2D eigenvalue weighted by molar-refractivity contribution is -0.124. The van der Waals surface area contributed by atoms with E-state index in [4.69, 9.17) is 0 Å². The molecule has 0 N–H and O–H groups in total. The van der Waals surface area contributed by atoms with Crippen LogP contribution in [0.15, 0.2) is 0 Å². The first kappa shape index (κ1) is 7.96. The zero-order valence-corrected chi connectivity index (χ0v) is 7.27. The first-order chi connectivity index (χ1) is 5.70. The second-order valence-electron chi connectivity index (χ2n) is 4.28. The third-order valence-corrected chi connectivity index (χ3v) is 3.24. The molecule has 0 amide bonds. The van der Waals surface area contributed by atoms with Gasteiger partial charge in [0, 0.05) is 25.7 Å². The van der Waals surface area contributed by atoms with Crippen molar-refractivity contribution < 1.29 is 9.59 Å². The van der Waals surface area contributed by atoms with Crippen molar-refractivity contribution in [2.24, 2.45) is 5.41 Å². The van der Waals surface area contributed by atoms with Crippen LogP contribution in [0.3, 0.4) is 0 Å². The molecular weight excluding hydrogens is 152 g/mol. The zero-order valence-electron chi connectivity index (χ0n) is 7.27. The number of carbonyl (C=O) groups excluding carboxylic acids is 2. The summed E-state index contributed by atoms with van der Waals surface area (Å²) in [5.74, 6) is 0.737. The Hall–Kier alpha value is -0.660. The minimum absolute atomic E-state index is 0.117. The fraction of sp³-hybridized carbons (Fsp3) is 0.800. The van der Waals surface area contributed by atoms with Gasteiger partial charge in [0.05, 0.1) is 0 Å². The maximum atomic E-state index is 11.2. The number of hydrogen-bond donors (Lipinski definition) is 0. The minimum Gasteiger partial charge on any atom is -0.300 e. The Balaban J connectivity index is 2.10. The molecule has 2 nitrogen and oxygen atoms in total. The van der Waals surface area contributed by atoms with E-state index in [0.29, 0.717) is 30.8 Å². The molecular formula is C10H14O2. The molecule has 1 unspecified atom stereocenters. The van der Waals surface area contributed by atoms with E-state index in [2.05, 4.69) is 0 Å². The topological polar surface area (TPSA) is 34.1 Å². The van der Waals surface area contributed by atoms with E-state index in [0.717, 1.165) is 25.7 Å². The van der Waals surface area contributed by atoms with Crippen LogP contribution in [0.25, 0.3) is 0 Å². The molecule has 1 atom stereocenters. The minimum atomic E-state index is 0.117. The fourth-order valence-corrected chi connectivity index (χ4v) is 2.62. The van der Waals surface area contributed by atoms with Crippen molar-refractivity contribution in [3.8, 4) is 0 Å². The lowest BCUT2D eigenvalue weighted by Gasteiger charge is -2.31. The van der Waals surface area contributed by atoms with Gasteiger partial charge in [-0.3, -0.25) is 9.59 Å². The highest BCUT2D eigenvalue weighted by Gasteiger charge is 2.41. The number of rotatable bonds is 0. The predicted octanol–water partition coefficient (Wildman–Crippen LogP) is 1.87. The van der Waals surface area contributed by atoms with Crippen molar-refractivity contribution in [1.29, 1.82) is 0 Å². The highest BCUT2D eigenvalue weighted by atomic mass is 16.1. The molecule has 1 spiro atoms. The smallest absolute Gasteiger partial charge is 0.133 e. The van der Waals surface area contributed by atoms with E-state index < -0.39 is 0 Å². The molecule has 2 saturated carbocycles. The van der Waals surface area contributed by atoms with Gasteiger partial charge >= 0.3 is 0 Å². The molecule has 12 heavy (non-hydrogen) atoms. The maximum absolute atomic E-state index is 11.2. The van der Waals surface area contributed by atoms with E-state index in [1.54, 1.807) is 0 Å². The van der Waals surface area contributed by atoms with Crippen LogP contribution >= 0.6 is 0 Å². The van der Waals surface area contributed by atoms with Gasteiger partial charge in [-0.25, -0.2) is 0 Å². The summed E-state index contributed by atoms with van der Waals surface area (Å²) in [6.45, 7) is 0. The Morgan fingerprint density at radius 3 is 2.17 bits per heavy atom. The number of hydrogen-bond acceptors (Lipinski definition) is 2. The molecule has 0 aromatic heterocycles. The summed E-state index contributed by atoms with van der Waals surface area (Å²) in [5, 5.41) is 0. The molecule has 2 heteroatoms. The maximum Gasteiger partial charge on any atom is 0.133 e. The lowest BCUT2D eigenvalue weighted by atomic mass is 9.72. The molecule has 2 fully saturated rings. The van der Waals surface area contributed by atoms with Crippen molar-refractivity contribution in [3.63, 3.8) is 0 Å². The average Bonchev–Trinajstić information content (AvgIpc) is 2.32. The SMILES string of the molecule is O=C1CCCC2(CCC(=O)C2)C1. The molecule has 0 aromatic carbocycles. The summed E-state index contributed by atoms with van der Waals surface area (Å²) in [5.41, 5.74) is 0.117.